The van der Waals surface area contributed by atoms with Crippen LogP contribution in [0.2, 0.25) is 0 Å². The molecular formula is C13H21N3O2. The van der Waals surface area contributed by atoms with Crippen LogP contribution in [0.25, 0.3) is 0 Å². The van der Waals surface area contributed by atoms with Crippen molar-refractivity contribution in [2.45, 2.75) is 46.1 Å². The molecule has 1 atom stereocenters. The molecule has 0 saturated carbocycles. The van der Waals surface area contributed by atoms with Crippen LogP contribution in [0.3, 0.4) is 0 Å². The molecule has 1 N–H and O–H groups in total. The molecule has 2 amide bonds. The van der Waals surface area contributed by atoms with Gasteiger partial charge in [0.1, 0.15) is 0 Å². The summed E-state index contributed by atoms with van der Waals surface area (Å²) < 4.78 is 0. The highest BCUT2D eigenvalue weighted by Crippen LogP contribution is 2.21. The van der Waals surface area contributed by atoms with E-state index in [9.17, 15) is 9.59 Å². The molecule has 5 heteroatoms. The molecule has 1 rings (SSSR count). The summed E-state index contributed by atoms with van der Waals surface area (Å²) >= 11 is 0. The van der Waals surface area contributed by atoms with E-state index in [0.717, 1.165) is 12.8 Å². The van der Waals surface area contributed by atoms with Crippen molar-refractivity contribution in [2.24, 2.45) is 5.41 Å². The molecule has 0 aromatic carbocycles. The predicted octanol–water partition coefficient (Wildman–Crippen LogP) is 1.05. The number of nitriles is 1. The zero-order valence-corrected chi connectivity index (χ0v) is 11.3. The highest BCUT2D eigenvalue weighted by molar-refractivity contribution is 6.01. The van der Waals surface area contributed by atoms with Gasteiger partial charge in [0.2, 0.25) is 11.8 Å². The minimum Gasteiger partial charge on any atom is -0.294 e. The minimum atomic E-state index is -0.343. The highest BCUT2D eigenvalue weighted by atomic mass is 16.2. The SMILES string of the molecule is CCC1C(=O)NC(=O)CN1CCCC(C)(C)C#N. The molecule has 1 aliphatic rings. The summed E-state index contributed by atoms with van der Waals surface area (Å²) in [6.45, 7) is 6.70. The Morgan fingerprint density at radius 1 is 1.50 bits per heavy atom. The van der Waals surface area contributed by atoms with Crippen LogP contribution in [-0.2, 0) is 9.59 Å². The summed E-state index contributed by atoms with van der Waals surface area (Å²) in [7, 11) is 0. The van der Waals surface area contributed by atoms with E-state index < -0.39 is 0 Å². The van der Waals surface area contributed by atoms with Crippen LogP contribution in [0.1, 0.15) is 40.0 Å². The van der Waals surface area contributed by atoms with E-state index in [1.54, 1.807) is 0 Å². The summed E-state index contributed by atoms with van der Waals surface area (Å²) in [5, 5.41) is 11.3. The Balaban J connectivity index is 2.51. The number of hydrogen-bond donors (Lipinski definition) is 1. The number of nitrogens with zero attached hydrogens (tertiary/aromatic N) is 2. The van der Waals surface area contributed by atoms with E-state index in [1.165, 1.54) is 0 Å². The Hall–Kier alpha value is -1.41. The fraction of sp³-hybridized carbons (Fsp3) is 0.769. The van der Waals surface area contributed by atoms with Gasteiger partial charge in [-0.3, -0.25) is 19.8 Å². The van der Waals surface area contributed by atoms with Gasteiger partial charge >= 0.3 is 0 Å². The minimum absolute atomic E-state index is 0.201. The quantitative estimate of drug-likeness (QED) is 0.741. The van der Waals surface area contributed by atoms with Gasteiger partial charge < -0.3 is 0 Å². The molecule has 0 aromatic heterocycles. The number of nitrogens with one attached hydrogen (secondary N) is 1. The fourth-order valence-electron chi connectivity index (χ4n) is 2.18. The molecular weight excluding hydrogens is 230 g/mol. The number of hydrogen-bond acceptors (Lipinski definition) is 4. The normalized spacial score (nSPS) is 21.6. The lowest BCUT2D eigenvalue weighted by atomic mass is 9.89. The average molecular weight is 251 g/mol. The second-order valence-corrected chi connectivity index (χ2v) is 5.41. The van der Waals surface area contributed by atoms with Crippen LogP contribution in [0, 0.1) is 16.7 Å². The Morgan fingerprint density at radius 2 is 2.17 bits per heavy atom. The lowest BCUT2D eigenvalue weighted by Gasteiger charge is -2.33. The van der Waals surface area contributed by atoms with Crippen LogP contribution < -0.4 is 5.32 Å². The van der Waals surface area contributed by atoms with Crippen molar-refractivity contribution in [2.75, 3.05) is 13.1 Å². The molecule has 18 heavy (non-hydrogen) atoms. The summed E-state index contributed by atoms with van der Waals surface area (Å²) in [4.78, 5) is 24.9. The van der Waals surface area contributed by atoms with E-state index in [2.05, 4.69) is 11.4 Å². The van der Waals surface area contributed by atoms with Gasteiger partial charge in [-0.2, -0.15) is 5.26 Å². The van der Waals surface area contributed by atoms with Crippen LogP contribution in [0.5, 0.6) is 0 Å². The summed E-state index contributed by atoms with van der Waals surface area (Å²) in [5.41, 5.74) is -0.343. The van der Waals surface area contributed by atoms with E-state index >= 15 is 0 Å². The number of carbonyl (C=O) groups excluding carboxylic acids is 2. The van der Waals surface area contributed by atoms with Crippen molar-refractivity contribution in [1.29, 1.82) is 5.26 Å². The Kier molecular flexibility index (Phi) is 4.85. The van der Waals surface area contributed by atoms with Crippen molar-refractivity contribution in [3.63, 3.8) is 0 Å². The largest absolute Gasteiger partial charge is 0.294 e. The van der Waals surface area contributed by atoms with E-state index in [0.29, 0.717) is 13.0 Å². The molecule has 1 aliphatic heterocycles. The van der Waals surface area contributed by atoms with E-state index in [4.69, 9.17) is 5.26 Å². The lowest BCUT2D eigenvalue weighted by molar-refractivity contribution is -0.140. The van der Waals surface area contributed by atoms with Crippen molar-refractivity contribution < 1.29 is 9.59 Å². The first kappa shape index (κ1) is 14.7. The van der Waals surface area contributed by atoms with E-state index in [-0.39, 0.29) is 29.8 Å². The molecule has 0 bridgehead atoms. The van der Waals surface area contributed by atoms with Crippen molar-refractivity contribution in [1.82, 2.24) is 10.2 Å². The second-order valence-electron chi connectivity index (χ2n) is 5.41. The van der Waals surface area contributed by atoms with Crippen LogP contribution in [0.15, 0.2) is 0 Å². The third kappa shape index (κ3) is 3.81. The third-order valence-corrected chi connectivity index (χ3v) is 3.29. The maximum Gasteiger partial charge on any atom is 0.243 e. The third-order valence-electron chi connectivity index (χ3n) is 3.29. The van der Waals surface area contributed by atoms with Gasteiger partial charge in [0, 0.05) is 0 Å². The van der Waals surface area contributed by atoms with Crippen molar-refractivity contribution in [3.8, 4) is 6.07 Å². The number of piperazine rings is 1. The Bertz CT molecular complexity index is 371. The van der Waals surface area contributed by atoms with Gasteiger partial charge in [-0.1, -0.05) is 6.92 Å². The molecule has 1 fully saturated rings. The zero-order chi connectivity index (χ0) is 13.8. The maximum absolute atomic E-state index is 11.6. The first-order chi connectivity index (χ1) is 8.39. The topological polar surface area (TPSA) is 73.2 Å². The molecule has 5 nitrogen and oxygen atoms in total. The standard InChI is InChI=1S/C13H21N3O2/c1-4-10-12(18)15-11(17)8-16(10)7-5-6-13(2,3)9-14/h10H,4-8H2,1-3H3,(H,15,17,18). The van der Waals surface area contributed by atoms with Crippen LogP contribution in [0.4, 0.5) is 0 Å². The summed E-state index contributed by atoms with van der Waals surface area (Å²) in [6.07, 6.45) is 2.28. The van der Waals surface area contributed by atoms with Gasteiger partial charge in [0.25, 0.3) is 0 Å². The van der Waals surface area contributed by atoms with Crippen LogP contribution >= 0.6 is 0 Å². The maximum atomic E-state index is 11.6. The van der Waals surface area contributed by atoms with Gasteiger partial charge in [-0.15, -0.1) is 0 Å². The monoisotopic (exact) mass is 251 g/mol. The van der Waals surface area contributed by atoms with Crippen molar-refractivity contribution in [3.05, 3.63) is 0 Å². The molecule has 0 radical (unpaired) electrons. The molecule has 0 aliphatic carbocycles. The molecule has 0 spiro atoms. The van der Waals surface area contributed by atoms with Gasteiger partial charge in [0.05, 0.1) is 24.1 Å². The first-order valence-electron chi connectivity index (χ1n) is 6.38. The number of rotatable bonds is 5. The predicted molar refractivity (Wildman–Crippen MR) is 67.4 cm³/mol. The summed E-state index contributed by atoms with van der Waals surface area (Å²) in [6, 6.07) is 2.04. The Morgan fingerprint density at radius 3 is 2.72 bits per heavy atom. The first-order valence-corrected chi connectivity index (χ1v) is 6.38. The van der Waals surface area contributed by atoms with Gasteiger partial charge in [-0.25, -0.2) is 0 Å². The summed E-state index contributed by atoms with van der Waals surface area (Å²) in [5.74, 6) is -0.433. The number of carbonyl (C=O) groups is 2. The average Bonchev–Trinajstić information content (AvgIpc) is 2.28. The van der Waals surface area contributed by atoms with Crippen molar-refractivity contribution >= 4 is 11.8 Å². The number of amides is 2. The molecule has 1 heterocycles. The lowest BCUT2D eigenvalue weighted by Crippen LogP contribution is -2.57. The van der Waals surface area contributed by atoms with Gasteiger partial charge in [-0.05, 0) is 39.7 Å². The molecule has 100 valence electrons. The van der Waals surface area contributed by atoms with Gasteiger partial charge in [0.15, 0.2) is 0 Å². The molecule has 0 aromatic rings. The molecule has 1 unspecified atom stereocenters. The number of imide groups is 1. The smallest absolute Gasteiger partial charge is 0.243 e. The molecule has 1 saturated heterocycles. The van der Waals surface area contributed by atoms with Crippen LogP contribution in [-0.4, -0.2) is 35.8 Å². The zero-order valence-electron chi connectivity index (χ0n) is 11.3. The second kappa shape index (κ2) is 5.96. The highest BCUT2D eigenvalue weighted by Gasteiger charge is 2.32. The van der Waals surface area contributed by atoms with E-state index in [1.807, 2.05) is 25.7 Å². The Labute approximate surface area is 108 Å². The fourth-order valence-corrected chi connectivity index (χ4v) is 2.18.